The second kappa shape index (κ2) is 8.77. The van der Waals surface area contributed by atoms with E-state index in [0.29, 0.717) is 28.6 Å². The Kier molecular flexibility index (Phi) is 6.18. The Hall–Kier alpha value is -3.03. The number of carbonyl (C=O) groups is 1. The van der Waals surface area contributed by atoms with Crippen molar-refractivity contribution in [3.63, 3.8) is 0 Å². The molecule has 2 heterocycles. The number of piperidine rings is 1. The first kappa shape index (κ1) is 19.7. The van der Waals surface area contributed by atoms with Crippen molar-refractivity contribution >= 4 is 17.4 Å². The first-order valence-corrected chi connectivity index (χ1v) is 9.24. The highest BCUT2D eigenvalue weighted by Gasteiger charge is 2.19. The lowest BCUT2D eigenvalue weighted by Gasteiger charge is -2.31. The summed E-state index contributed by atoms with van der Waals surface area (Å²) in [5.41, 5.74) is 0.823. The number of ether oxygens (including phenoxy) is 3. The number of nitrogens with zero attached hydrogens (tertiary/aromatic N) is 3. The quantitative estimate of drug-likeness (QED) is 0.817. The molecule has 1 fully saturated rings. The van der Waals surface area contributed by atoms with Crippen molar-refractivity contribution in [2.45, 2.75) is 19.8 Å². The third-order valence-corrected chi connectivity index (χ3v) is 4.92. The summed E-state index contributed by atoms with van der Waals surface area (Å²) >= 11 is 0. The zero-order chi connectivity index (χ0) is 20.1. The minimum absolute atomic E-state index is 0.303. The standard InChI is InChI=1S/C20H26N4O4/c1-13-5-7-24(8-6-13)18-11-15(21-12-22-18)20(25)23-14-9-16(26-2)19(28-4)17(10-14)27-3/h9-13H,5-8H2,1-4H3,(H,23,25). The second-order valence-electron chi connectivity index (χ2n) is 6.80. The number of hydrogen-bond donors (Lipinski definition) is 1. The van der Waals surface area contributed by atoms with Crippen molar-refractivity contribution in [2.75, 3.05) is 44.6 Å². The highest BCUT2D eigenvalue weighted by molar-refractivity contribution is 6.03. The fourth-order valence-corrected chi connectivity index (χ4v) is 3.23. The van der Waals surface area contributed by atoms with Crippen molar-refractivity contribution < 1.29 is 19.0 Å². The molecule has 1 aromatic heterocycles. The lowest BCUT2D eigenvalue weighted by atomic mass is 9.99. The molecule has 0 unspecified atom stereocenters. The van der Waals surface area contributed by atoms with Gasteiger partial charge in [0.05, 0.1) is 21.3 Å². The Morgan fingerprint density at radius 1 is 1.04 bits per heavy atom. The zero-order valence-corrected chi connectivity index (χ0v) is 16.7. The Bertz CT molecular complexity index is 810. The normalized spacial score (nSPS) is 14.5. The van der Waals surface area contributed by atoms with Gasteiger partial charge in [-0.25, -0.2) is 9.97 Å². The van der Waals surface area contributed by atoms with E-state index >= 15 is 0 Å². The van der Waals surface area contributed by atoms with Crippen LogP contribution in [0.25, 0.3) is 0 Å². The van der Waals surface area contributed by atoms with Crippen molar-refractivity contribution in [1.29, 1.82) is 0 Å². The van der Waals surface area contributed by atoms with E-state index in [9.17, 15) is 4.79 Å². The third-order valence-electron chi connectivity index (χ3n) is 4.92. The highest BCUT2D eigenvalue weighted by Crippen LogP contribution is 2.40. The molecule has 1 N–H and O–H groups in total. The van der Waals surface area contributed by atoms with Crippen LogP contribution >= 0.6 is 0 Å². The molecular formula is C20H26N4O4. The van der Waals surface area contributed by atoms with E-state index in [2.05, 4.69) is 27.1 Å². The lowest BCUT2D eigenvalue weighted by molar-refractivity contribution is 0.102. The summed E-state index contributed by atoms with van der Waals surface area (Å²) in [4.78, 5) is 23.4. The average Bonchev–Trinajstić information content (AvgIpc) is 2.73. The van der Waals surface area contributed by atoms with E-state index in [1.54, 1.807) is 18.2 Å². The molecule has 0 atom stereocenters. The van der Waals surface area contributed by atoms with Crippen molar-refractivity contribution in [1.82, 2.24) is 9.97 Å². The molecule has 0 saturated carbocycles. The number of aromatic nitrogens is 2. The van der Waals surface area contributed by atoms with Crippen molar-refractivity contribution in [3.8, 4) is 17.2 Å². The molecule has 1 aromatic carbocycles. The van der Waals surface area contributed by atoms with Crippen LogP contribution in [-0.2, 0) is 0 Å². The molecule has 0 aliphatic carbocycles. The maximum Gasteiger partial charge on any atom is 0.274 e. The summed E-state index contributed by atoms with van der Waals surface area (Å²) in [5.74, 6) is 2.55. The van der Waals surface area contributed by atoms with Gasteiger partial charge in [0.1, 0.15) is 17.8 Å². The van der Waals surface area contributed by atoms with Gasteiger partial charge in [0.15, 0.2) is 11.5 Å². The molecule has 3 rings (SSSR count). The molecule has 0 spiro atoms. The molecule has 150 valence electrons. The van der Waals surface area contributed by atoms with Crippen LogP contribution in [0.1, 0.15) is 30.3 Å². The summed E-state index contributed by atoms with van der Waals surface area (Å²) in [6.45, 7) is 4.13. The molecule has 1 amide bonds. The molecule has 1 aliphatic heterocycles. The predicted octanol–water partition coefficient (Wildman–Crippen LogP) is 2.99. The third kappa shape index (κ3) is 4.27. The van der Waals surface area contributed by atoms with Gasteiger partial charge in [-0.3, -0.25) is 4.79 Å². The summed E-state index contributed by atoms with van der Waals surface area (Å²) < 4.78 is 16.0. The number of hydrogen-bond acceptors (Lipinski definition) is 7. The molecule has 1 aliphatic rings. The van der Waals surface area contributed by atoms with Gasteiger partial charge in [-0.05, 0) is 18.8 Å². The monoisotopic (exact) mass is 386 g/mol. The van der Waals surface area contributed by atoms with Crippen LogP contribution in [0, 0.1) is 5.92 Å². The number of carbonyl (C=O) groups excluding carboxylic acids is 1. The van der Waals surface area contributed by atoms with Gasteiger partial charge in [-0.1, -0.05) is 6.92 Å². The molecule has 2 aromatic rings. The van der Waals surface area contributed by atoms with E-state index in [4.69, 9.17) is 14.2 Å². The Morgan fingerprint density at radius 2 is 1.68 bits per heavy atom. The molecule has 8 nitrogen and oxygen atoms in total. The van der Waals surface area contributed by atoms with Gasteiger partial charge < -0.3 is 24.4 Å². The minimum atomic E-state index is -0.330. The van der Waals surface area contributed by atoms with E-state index in [0.717, 1.165) is 37.7 Å². The van der Waals surface area contributed by atoms with E-state index in [1.165, 1.54) is 27.7 Å². The van der Waals surface area contributed by atoms with Crippen molar-refractivity contribution in [3.05, 3.63) is 30.2 Å². The Morgan fingerprint density at radius 3 is 2.25 bits per heavy atom. The zero-order valence-electron chi connectivity index (χ0n) is 16.7. The first-order valence-electron chi connectivity index (χ1n) is 9.24. The van der Waals surface area contributed by atoms with Gasteiger partial charge in [-0.15, -0.1) is 0 Å². The topological polar surface area (TPSA) is 85.8 Å². The number of methoxy groups -OCH3 is 3. The number of amides is 1. The van der Waals surface area contributed by atoms with Crippen LogP contribution in [0.15, 0.2) is 24.5 Å². The van der Waals surface area contributed by atoms with Crippen LogP contribution < -0.4 is 24.4 Å². The molecule has 0 bridgehead atoms. The summed E-state index contributed by atoms with van der Waals surface area (Å²) in [7, 11) is 4.58. The van der Waals surface area contributed by atoms with Crippen LogP contribution in [0.5, 0.6) is 17.2 Å². The van der Waals surface area contributed by atoms with Gasteiger partial charge in [0.25, 0.3) is 5.91 Å². The van der Waals surface area contributed by atoms with Gasteiger partial charge in [-0.2, -0.15) is 0 Å². The maximum absolute atomic E-state index is 12.7. The lowest BCUT2D eigenvalue weighted by Crippen LogP contribution is -2.33. The molecule has 8 heteroatoms. The first-order chi connectivity index (χ1) is 13.5. The number of benzene rings is 1. The largest absolute Gasteiger partial charge is 0.493 e. The average molecular weight is 386 g/mol. The van der Waals surface area contributed by atoms with Crippen LogP contribution in [0.2, 0.25) is 0 Å². The van der Waals surface area contributed by atoms with Gasteiger partial charge >= 0.3 is 0 Å². The van der Waals surface area contributed by atoms with E-state index in [1.807, 2.05) is 0 Å². The van der Waals surface area contributed by atoms with Crippen molar-refractivity contribution in [2.24, 2.45) is 5.92 Å². The smallest absolute Gasteiger partial charge is 0.274 e. The SMILES string of the molecule is COc1cc(NC(=O)c2cc(N3CCC(C)CC3)ncn2)cc(OC)c1OC. The summed E-state index contributed by atoms with van der Waals surface area (Å²) in [5, 5.41) is 2.83. The predicted molar refractivity (Wildman–Crippen MR) is 107 cm³/mol. The molecular weight excluding hydrogens is 360 g/mol. The Labute approximate surface area is 164 Å². The minimum Gasteiger partial charge on any atom is -0.493 e. The second-order valence-corrected chi connectivity index (χ2v) is 6.80. The Balaban J connectivity index is 1.79. The highest BCUT2D eigenvalue weighted by atomic mass is 16.5. The summed E-state index contributed by atoms with van der Waals surface area (Å²) in [6.07, 6.45) is 3.67. The molecule has 0 radical (unpaired) electrons. The van der Waals surface area contributed by atoms with Gasteiger partial charge in [0.2, 0.25) is 5.75 Å². The number of nitrogens with one attached hydrogen (secondary N) is 1. The fraction of sp³-hybridized carbons (Fsp3) is 0.450. The van der Waals surface area contributed by atoms with E-state index < -0.39 is 0 Å². The molecule has 28 heavy (non-hydrogen) atoms. The van der Waals surface area contributed by atoms with Gasteiger partial charge in [0, 0.05) is 37.0 Å². The maximum atomic E-state index is 12.7. The fourth-order valence-electron chi connectivity index (χ4n) is 3.23. The van der Waals surface area contributed by atoms with Crippen LogP contribution in [0.4, 0.5) is 11.5 Å². The van der Waals surface area contributed by atoms with E-state index in [-0.39, 0.29) is 5.91 Å². The van der Waals surface area contributed by atoms with Crippen LogP contribution in [-0.4, -0.2) is 50.3 Å². The number of rotatable bonds is 6. The molecule has 1 saturated heterocycles. The number of anilines is 2. The summed E-state index contributed by atoms with van der Waals surface area (Å²) in [6, 6.07) is 5.07. The van der Waals surface area contributed by atoms with Crippen LogP contribution in [0.3, 0.4) is 0 Å².